The number of nitrogens with zero attached hydrogens (tertiary/aromatic N) is 7. The summed E-state index contributed by atoms with van der Waals surface area (Å²) < 4.78 is 2.20. The fraction of sp³-hybridized carbons (Fsp3) is 0.500. The summed E-state index contributed by atoms with van der Waals surface area (Å²) in [4.78, 5) is 10.6. The summed E-state index contributed by atoms with van der Waals surface area (Å²) in [5, 5.41) is 17.4. The van der Waals surface area contributed by atoms with Crippen molar-refractivity contribution in [1.82, 2.24) is 24.7 Å². The Kier molecular flexibility index (Phi) is 3.29. The average molecular weight is 283 g/mol. The van der Waals surface area contributed by atoms with Gasteiger partial charge in [-0.1, -0.05) is 13.8 Å². The van der Waals surface area contributed by atoms with Crippen molar-refractivity contribution in [3.63, 3.8) is 0 Å². The van der Waals surface area contributed by atoms with E-state index in [0.717, 1.165) is 30.6 Å². The van der Waals surface area contributed by atoms with Crippen molar-refractivity contribution in [3.05, 3.63) is 29.7 Å². The summed E-state index contributed by atoms with van der Waals surface area (Å²) in [5.74, 6) is 3.11. The van der Waals surface area contributed by atoms with Crippen LogP contribution in [0.4, 0.5) is 5.82 Å². The molecule has 21 heavy (non-hydrogen) atoms. The van der Waals surface area contributed by atoms with Crippen molar-refractivity contribution in [1.29, 1.82) is 5.26 Å². The number of aromatic nitrogens is 5. The van der Waals surface area contributed by atoms with E-state index in [0.29, 0.717) is 11.6 Å². The van der Waals surface area contributed by atoms with Crippen molar-refractivity contribution in [3.8, 4) is 6.07 Å². The molecule has 1 aliphatic rings. The standard InChI is InChI=1S/C14H17N7/c1-9(2)13-18-19-14-10(3)20(4-5-21(13)14)12-8-16-11(6-15)7-17-12/h7-10H,4-5H2,1-3H3/t10-/m0/s1. The molecule has 3 rings (SSSR count). The second kappa shape index (κ2) is 5.13. The first-order valence-electron chi connectivity index (χ1n) is 7.03. The lowest BCUT2D eigenvalue weighted by Crippen LogP contribution is -2.38. The predicted molar refractivity (Wildman–Crippen MR) is 76.6 cm³/mol. The lowest BCUT2D eigenvalue weighted by atomic mass is 10.1. The van der Waals surface area contributed by atoms with Gasteiger partial charge in [0.1, 0.15) is 17.7 Å². The van der Waals surface area contributed by atoms with E-state index in [1.54, 1.807) is 6.20 Å². The van der Waals surface area contributed by atoms with Crippen LogP contribution in [0.25, 0.3) is 0 Å². The van der Waals surface area contributed by atoms with Gasteiger partial charge in [-0.15, -0.1) is 10.2 Å². The molecule has 108 valence electrons. The smallest absolute Gasteiger partial charge is 0.158 e. The first-order chi connectivity index (χ1) is 10.1. The maximum absolute atomic E-state index is 8.79. The van der Waals surface area contributed by atoms with E-state index in [9.17, 15) is 0 Å². The number of rotatable bonds is 2. The molecule has 7 nitrogen and oxygen atoms in total. The molecule has 3 heterocycles. The van der Waals surface area contributed by atoms with Gasteiger partial charge >= 0.3 is 0 Å². The van der Waals surface area contributed by atoms with Crippen molar-refractivity contribution in [2.24, 2.45) is 0 Å². The van der Waals surface area contributed by atoms with Gasteiger partial charge in [0.2, 0.25) is 0 Å². The minimum atomic E-state index is 0.0842. The number of fused-ring (bicyclic) bond motifs is 1. The molecule has 7 heteroatoms. The highest BCUT2D eigenvalue weighted by atomic mass is 15.4. The lowest BCUT2D eigenvalue weighted by molar-refractivity contribution is 0.476. The van der Waals surface area contributed by atoms with Gasteiger partial charge in [-0.3, -0.25) is 0 Å². The van der Waals surface area contributed by atoms with Gasteiger partial charge < -0.3 is 9.47 Å². The van der Waals surface area contributed by atoms with E-state index in [4.69, 9.17) is 5.26 Å². The van der Waals surface area contributed by atoms with E-state index < -0.39 is 0 Å². The fourth-order valence-electron chi connectivity index (χ4n) is 2.67. The van der Waals surface area contributed by atoms with Gasteiger partial charge in [0, 0.05) is 19.0 Å². The molecule has 0 amide bonds. The van der Waals surface area contributed by atoms with Crippen LogP contribution < -0.4 is 4.90 Å². The van der Waals surface area contributed by atoms with E-state index in [2.05, 4.69) is 50.4 Å². The van der Waals surface area contributed by atoms with Crippen LogP contribution in [-0.2, 0) is 6.54 Å². The summed E-state index contributed by atoms with van der Waals surface area (Å²) >= 11 is 0. The molecular weight excluding hydrogens is 266 g/mol. The quantitative estimate of drug-likeness (QED) is 0.833. The molecule has 0 spiro atoms. The van der Waals surface area contributed by atoms with Gasteiger partial charge in [0.15, 0.2) is 11.5 Å². The highest BCUT2D eigenvalue weighted by molar-refractivity contribution is 5.40. The van der Waals surface area contributed by atoms with E-state index in [1.807, 2.05) is 6.07 Å². The van der Waals surface area contributed by atoms with Crippen LogP contribution in [0, 0.1) is 11.3 Å². The monoisotopic (exact) mass is 283 g/mol. The third-order valence-electron chi connectivity index (χ3n) is 3.78. The molecule has 2 aromatic rings. The van der Waals surface area contributed by atoms with Crippen LogP contribution in [-0.4, -0.2) is 31.3 Å². The molecule has 0 fully saturated rings. The topological polar surface area (TPSA) is 83.5 Å². The SMILES string of the molecule is CC(C)c1nnc2n1CCN(c1cnc(C#N)cn1)[C@H]2C. The van der Waals surface area contributed by atoms with Crippen LogP contribution in [0.2, 0.25) is 0 Å². The van der Waals surface area contributed by atoms with Crippen LogP contribution in [0.15, 0.2) is 12.4 Å². The largest absolute Gasteiger partial charge is 0.344 e. The Morgan fingerprint density at radius 1 is 1.24 bits per heavy atom. The third kappa shape index (κ3) is 2.23. The molecular formula is C14H17N7. The fourth-order valence-corrected chi connectivity index (χ4v) is 2.67. The van der Waals surface area contributed by atoms with Crippen molar-refractivity contribution in [2.45, 2.75) is 39.3 Å². The van der Waals surface area contributed by atoms with E-state index in [-0.39, 0.29) is 6.04 Å². The minimum absolute atomic E-state index is 0.0842. The minimum Gasteiger partial charge on any atom is -0.344 e. The Morgan fingerprint density at radius 3 is 2.67 bits per heavy atom. The Balaban J connectivity index is 1.91. The van der Waals surface area contributed by atoms with Crippen molar-refractivity contribution >= 4 is 5.82 Å². The van der Waals surface area contributed by atoms with Gasteiger partial charge in [-0.05, 0) is 6.92 Å². The Hall–Kier alpha value is -2.49. The number of anilines is 1. The molecule has 0 N–H and O–H groups in total. The molecule has 0 aromatic carbocycles. The first-order valence-corrected chi connectivity index (χ1v) is 7.03. The molecule has 1 aliphatic heterocycles. The Bertz CT molecular complexity index is 680. The van der Waals surface area contributed by atoms with Crippen LogP contribution in [0.1, 0.15) is 50.1 Å². The van der Waals surface area contributed by atoms with Gasteiger partial charge in [-0.2, -0.15) is 5.26 Å². The molecule has 0 radical (unpaired) electrons. The van der Waals surface area contributed by atoms with E-state index >= 15 is 0 Å². The first kappa shape index (κ1) is 13.5. The second-order valence-electron chi connectivity index (χ2n) is 5.46. The maximum atomic E-state index is 8.79. The zero-order valence-corrected chi connectivity index (χ0v) is 12.4. The zero-order chi connectivity index (χ0) is 15.0. The molecule has 0 saturated carbocycles. The van der Waals surface area contributed by atoms with Crippen LogP contribution in [0.3, 0.4) is 0 Å². The normalized spacial score (nSPS) is 17.7. The van der Waals surface area contributed by atoms with Gasteiger partial charge in [0.25, 0.3) is 0 Å². The highest BCUT2D eigenvalue weighted by Crippen LogP contribution is 2.29. The predicted octanol–water partition coefficient (Wildman–Crippen LogP) is 1.64. The maximum Gasteiger partial charge on any atom is 0.158 e. The number of hydrogen-bond acceptors (Lipinski definition) is 6. The molecule has 0 unspecified atom stereocenters. The number of hydrogen-bond donors (Lipinski definition) is 0. The van der Waals surface area contributed by atoms with Crippen LogP contribution in [0.5, 0.6) is 0 Å². The molecule has 0 saturated heterocycles. The van der Waals surface area contributed by atoms with Crippen molar-refractivity contribution in [2.75, 3.05) is 11.4 Å². The van der Waals surface area contributed by atoms with Gasteiger partial charge in [-0.25, -0.2) is 9.97 Å². The summed E-state index contributed by atoms with van der Waals surface area (Å²) in [5.41, 5.74) is 0.327. The van der Waals surface area contributed by atoms with Gasteiger partial charge in [0.05, 0.1) is 18.4 Å². The summed E-state index contributed by atoms with van der Waals surface area (Å²) in [6, 6.07) is 2.07. The summed E-state index contributed by atoms with van der Waals surface area (Å²) in [6.07, 6.45) is 3.14. The van der Waals surface area contributed by atoms with Crippen LogP contribution >= 0.6 is 0 Å². The van der Waals surface area contributed by atoms with E-state index in [1.165, 1.54) is 6.20 Å². The second-order valence-corrected chi connectivity index (χ2v) is 5.46. The molecule has 0 aliphatic carbocycles. The number of nitriles is 1. The van der Waals surface area contributed by atoms with Crippen molar-refractivity contribution < 1.29 is 0 Å². The summed E-state index contributed by atoms with van der Waals surface area (Å²) in [7, 11) is 0. The molecule has 2 aromatic heterocycles. The molecule has 0 bridgehead atoms. The lowest BCUT2D eigenvalue weighted by Gasteiger charge is -2.34. The highest BCUT2D eigenvalue weighted by Gasteiger charge is 2.29. The Labute approximate surface area is 123 Å². The molecule has 1 atom stereocenters. The summed E-state index contributed by atoms with van der Waals surface area (Å²) in [6.45, 7) is 8.00. The Morgan fingerprint density at radius 2 is 2.05 bits per heavy atom. The zero-order valence-electron chi connectivity index (χ0n) is 12.4. The third-order valence-corrected chi connectivity index (χ3v) is 3.78. The average Bonchev–Trinajstić information content (AvgIpc) is 2.93.